The summed E-state index contributed by atoms with van der Waals surface area (Å²) >= 11 is 0. The van der Waals surface area contributed by atoms with Crippen molar-refractivity contribution in [1.82, 2.24) is 0 Å². The largest absolute Gasteiger partial charge is 0.507 e. The highest BCUT2D eigenvalue weighted by Gasteiger charge is 2.45. The van der Waals surface area contributed by atoms with Gasteiger partial charge in [0, 0.05) is 23.8 Å². The summed E-state index contributed by atoms with van der Waals surface area (Å²) in [6.07, 6.45) is 6.28. The summed E-state index contributed by atoms with van der Waals surface area (Å²) in [5, 5.41) is 21.8. The highest BCUT2D eigenvalue weighted by Crippen LogP contribution is 2.39. The van der Waals surface area contributed by atoms with Gasteiger partial charge in [-0.2, -0.15) is 0 Å². The number of quaternary nitrogens is 1. The van der Waals surface area contributed by atoms with Gasteiger partial charge < -0.3 is 5.11 Å². The minimum absolute atomic E-state index is 0.0233. The zero-order chi connectivity index (χ0) is 23.2. The van der Waals surface area contributed by atoms with Crippen LogP contribution in [0.2, 0.25) is 0 Å². The molecule has 0 aliphatic carbocycles. The van der Waals surface area contributed by atoms with Crippen LogP contribution in [-0.2, 0) is 12.0 Å². The van der Waals surface area contributed by atoms with Gasteiger partial charge in [0.25, 0.3) is 5.69 Å². The molecule has 3 aromatic carbocycles. The van der Waals surface area contributed by atoms with Crippen LogP contribution in [0.1, 0.15) is 30.5 Å². The number of rotatable bonds is 4. The molecule has 0 saturated carbocycles. The van der Waals surface area contributed by atoms with Crippen molar-refractivity contribution in [3.8, 4) is 5.75 Å². The monoisotopic (exact) mass is 439 g/mol. The van der Waals surface area contributed by atoms with Gasteiger partial charge >= 0.3 is 0 Å². The highest BCUT2D eigenvalue weighted by molar-refractivity contribution is 6.11. The molecule has 0 aromatic heterocycles. The number of fused-ring (bicyclic) bond motifs is 2. The van der Waals surface area contributed by atoms with E-state index in [1.165, 1.54) is 23.8 Å². The van der Waals surface area contributed by atoms with Crippen LogP contribution in [0.3, 0.4) is 0 Å². The number of aromatic hydroxyl groups is 1. The molecule has 2 aliphatic heterocycles. The van der Waals surface area contributed by atoms with Crippen LogP contribution in [0.5, 0.6) is 5.75 Å². The second kappa shape index (κ2) is 7.83. The van der Waals surface area contributed by atoms with E-state index < -0.39 is 4.92 Å². The topological polar surface area (TPSA) is 81.8 Å². The number of nitro benzene ring substituents is 1. The lowest BCUT2D eigenvalue weighted by atomic mass is 9.83. The van der Waals surface area contributed by atoms with E-state index in [4.69, 9.17) is 0 Å². The smallest absolute Gasteiger partial charge is 0.270 e. The van der Waals surface area contributed by atoms with E-state index in [1.807, 2.05) is 30.5 Å². The minimum atomic E-state index is -0.429. The van der Waals surface area contributed by atoms with Crippen LogP contribution in [0.15, 0.2) is 84.6 Å². The predicted molar refractivity (Wildman–Crippen MR) is 128 cm³/mol. The Morgan fingerprint density at radius 3 is 2.64 bits per heavy atom. The second-order valence-corrected chi connectivity index (χ2v) is 8.93. The van der Waals surface area contributed by atoms with E-state index in [0.29, 0.717) is 12.1 Å². The van der Waals surface area contributed by atoms with Gasteiger partial charge in [0.2, 0.25) is 5.69 Å². The van der Waals surface area contributed by atoms with Gasteiger partial charge in [0.1, 0.15) is 23.7 Å². The Balaban J connectivity index is 1.60. The minimum Gasteiger partial charge on any atom is -0.507 e. The standard InChI is InChI=1S/C27H23N3O3/c1-27(2)22-8-4-6-10-24(22)29(17-19-15-20(30(32)33)12-13-25(19)31)26(27)14-11-18-16-28-23-9-5-3-7-21(18)23/h3-16,31H,17H2,1-2H3/p+2. The maximum absolute atomic E-state index is 11.3. The average molecular weight is 440 g/mol. The first-order valence-corrected chi connectivity index (χ1v) is 10.9. The predicted octanol–water partition coefficient (Wildman–Crippen LogP) is 3.07. The number of nitrogens with one attached hydrogen (secondary N) is 2. The fourth-order valence-corrected chi connectivity index (χ4v) is 4.88. The molecule has 0 radical (unpaired) electrons. The number of hydrogen-bond acceptors (Lipinski definition) is 3. The Hall–Kier alpha value is -4.03. The van der Waals surface area contributed by atoms with Gasteiger partial charge in [0.05, 0.1) is 27.0 Å². The van der Waals surface area contributed by atoms with Crippen molar-refractivity contribution in [2.45, 2.75) is 25.8 Å². The van der Waals surface area contributed by atoms with E-state index >= 15 is 0 Å². The van der Waals surface area contributed by atoms with E-state index in [1.54, 1.807) is 0 Å². The van der Waals surface area contributed by atoms with Crippen LogP contribution in [0.4, 0.5) is 17.1 Å². The van der Waals surface area contributed by atoms with Crippen LogP contribution in [0, 0.1) is 10.1 Å². The molecule has 0 amide bonds. The summed E-state index contributed by atoms with van der Waals surface area (Å²) in [4.78, 5) is 15.3. The maximum atomic E-state index is 11.3. The fraction of sp³-hybridized carbons (Fsp3) is 0.148. The fourth-order valence-electron chi connectivity index (χ4n) is 4.88. The molecule has 164 valence electrons. The third-order valence-electron chi connectivity index (χ3n) is 6.62. The third-order valence-corrected chi connectivity index (χ3v) is 6.62. The SMILES string of the molecule is CC1(C)C(=CC=C2C=[NH+]c3ccccc32)[NH+](Cc2cc([N+](=O)[O-])ccc2O)c2ccccc21. The molecule has 0 fully saturated rings. The number of nitrogens with zero attached hydrogens (tertiary/aromatic N) is 1. The Bertz CT molecular complexity index is 1370. The van der Waals surface area contributed by atoms with E-state index in [-0.39, 0.29) is 16.9 Å². The summed E-state index contributed by atoms with van der Waals surface area (Å²) in [5.74, 6) is 0.0650. The molecule has 6 heteroatoms. The van der Waals surface area contributed by atoms with Crippen molar-refractivity contribution in [3.05, 3.63) is 111 Å². The number of allylic oxidation sites excluding steroid dienone is 4. The highest BCUT2D eigenvalue weighted by atomic mass is 16.6. The van der Waals surface area contributed by atoms with Crippen molar-refractivity contribution < 1.29 is 19.9 Å². The van der Waals surface area contributed by atoms with Crippen molar-refractivity contribution in [1.29, 1.82) is 0 Å². The van der Waals surface area contributed by atoms with Gasteiger partial charge in [-0.3, -0.25) is 15.0 Å². The second-order valence-electron chi connectivity index (χ2n) is 8.93. The molecule has 0 saturated heterocycles. The Labute approximate surface area is 192 Å². The Kier molecular flexibility index (Phi) is 4.95. The zero-order valence-corrected chi connectivity index (χ0v) is 18.5. The first kappa shape index (κ1) is 20.8. The number of benzene rings is 3. The van der Waals surface area contributed by atoms with Gasteiger partial charge in [-0.15, -0.1) is 0 Å². The summed E-state index contributed by atoms with van der Waals surface area (Å²) in [6, 6.07) is 20.7. The van der Waals surface area contributed by atoms with Crippen LogP contribution < -0.4 is 9.89 Å². The zero-order valence-electron chi connectivity index (χ0n) is 18.5. The lowest BCUT2D eigenvalue weighted by molar-refractivity contribution is -0.804. The van der Waals surface area contributed by atoms with Gasteiger partial charge in [-0.1, -0.05) is 30.3 Å². The Morgan fingerprint density at radius 2 is 1.82 bits per heavy atom. The molecular formula is C27H25N3O3+2. The molecule has 3 aromatic rings. The van der Waals surface area contributed by atoms with E-state index in [0.717, 1.165) is 33.1 Å². The summed E-state index contributed by atoms with van der Waals surface area (Å²) < 4.78 is 0. The van der Waals surface area contributed by atoms with Crippen LogP contribution >= 0.6 is 0 Å². The van der Waals surface area contributed by atoms with Gasteiger partial charge in [-0.25, -0.2) is 4.99 Å². The molecule has 2 heterocycles. The summed E-state index contributed by atoms with van der Waals surface area (Å²) in [6.45, 7) is 4.80. The molecule has 5 rings (SSSR count). The lowest BCUT2D eigenvalue weighted by Crippen LogP contribution is -3.03. The van der Waals surface area contributed by atoms with Gasteiger partial charge in [-0.05, 0) is 44.2 Å². The first-order valence-electron chi connectivity index (χ1n) is 10.9. The molecule has 1 unspecified atom stereocenters. The maximum Gasteiger partial charge on any atom is 0.270 e. The lowest BCUT2D eigenvalue weighted by Gasteiger charge is -2.21. The normalized spacial score (nSPS) is 20.2. The molecule has 6 nitrogen and oxygen atoms in total. The van der Waals surface area contributed by atoms with Crippen molar-refractivity contribution in [2.24, 2.45) is 0 Å². The van der Waals surface area contributed by atoms with Crippen molar-refractivity contribution in [3.63, 3.8) is 0 Å². The number of phenolic OH excluding ortho intramolecular Hbond substituents is 1. The van der Waals surface area contributed by atoms with E-state index in [9.17, 15) is 15.2 Å². The first-order chi connectivity index (χ1) is 15.9. The number of para-hydroxylation sites is 2. The van der Waals surface area contributed by atoms with Gasteiger partial charge in [0.15, 0.2) is 6.21 Å². The van der Waals surface area contributed by atoms with E-state index in [2.05, 4.69) is 55.3 Å². The van der Waals surface area contributed by atoms with Crippen LogP contribution in [0.25, 0.3) is 5.57 Å². The number of non-ortho nitro benzene ring substituents is 1. The molecule has 2 aliphatic rings. The summed E-state index contributed by atoms with van der Waals surface area (Å²) in [5.41, 5.74) is 7.08. The molecular weight excluding hydrogens is 414 g/mol. The van der Waals surface area contributed by atoms with Crippen LogP contribution in [-0.4, -0.2) is 16.2 Å². The molecule has 1 atom stereocenters. The number of nitro groups is 1. The average Bonchev–Trinajstić information content (AvgIpc) is 3.30. The quantitative estimate of drug-likeness (QED) is 0.432. The molecule has 3 N–H and O–H groups in total. The number of phenols is 1. The molecule has 0 bridgehead atoms. The van der Waals surface area contributed by atoms with Crippen molar-refractivity contribution >= 4 is 28.8 Å². The Morgan fingerprint density at radius 1 is 1.06 bits per heavy atom. The molecule has 33 heavy (non-hydrogen) atoms. The summed E-state index contributed by atoms with van der Waals surface area (Å²) in [7, 11) is 0. The van der Waals surface area contributed by atoms with Crippen molar-refractivity contribution in [2.75, 3.05) is 0 Å². The molecule has 0 spiro atoms. The number of hydrogen-bond donors (Lipinski definition) is 3. The third kappa shape index (κ3) is 3.54.